The molecule has 0 saturated heterocycles. The summed E-state index contributed by atoms with van der Waals surface area (Å²) < 4.78 is 16.8. The SMILES string of the molecule is Cc1oc(-c2ccccc2)nc1CCOc1ccc(NC(=O)OC(C)(C)C)cc1. The Morgan fingerprint density at radius 3 is 2.41 bits per heavy atom. The minimum atomic E-state index is -0.535. The lowest BCUT2D eigenvalue weighted by Gasteiger charge is -2.19. The number of ether oxygens (including phenoxy) is 2. The van der Waals surface area contributed by atoms with Crippen LogP contribution in [0.5, 0.6) is 5.75 Å². The van der Waals surface area contributed by atoms with Crippen LogP contribution in [-0.2, 0) is 11.2 Å². The predicted octanol–water partition coefficient (Wildman–Crippen LogP) is 5.62. The van der Waals surface area contributed by atoms with E-state index < -0.39 is 11.7 Å². The normalized spacial score (nSPS) is 11.2. The number of hydrogen-bond donors (Lipinski definition) is 1. The van der Waals surface area contributed by atoms with Gasteiger partial charge in [-0.1, -0.05) is 18.2 Å². The van der Waals surface area contributed by atoms with Crippen LogP contribution in [0.1, 0.15) is 32.2 Å². The molecule has 0 aliphatic carbocycles. The fraction of sp³-hybridized carbons (Fsp3) is 0.304. The zero-order chi connectivity index (χ0) is 20.9. The number of benzene rings is 2. The second-order valence-corrected chi connectivity index (χ2v) is 7.64. The molecule has 1 amide bonds. The summed E-state index contributed by atoms with van der Waals surface area (Å²) in [4.78, 5) is 16.4. The first kappa shape index (κ1) is 20.5. The molecule has 6 heteroatoms. The Kier molecular flexibility index (Phi) is 6.22. The molecule has 1 aromatic heterocycles. The van der Waals surface area contributed by atoms with Gasteiger partial charge in [-0.05, 0) is 64.1 Å². The van der Waals surface area contributed by atoms with Crippen LogP contribution < -0.4 is 10.1 Å². The van der Waals surface area contributed by atoms with Gasteiger partial charge in [0.25, 0.3) is 0 Å². The summed E-state index contributed by atoms with van der Waals surface area (Å²) in [6, 6.07) is 17.0. The van der Waals surface area contributed by atoms with E-state index in [9.17, 15) is 4.79 Å². The Balaban J connectivity index is 1.51. The highest BCUT2D eigenvalue weighted by Gasteiger charge is 2.16. The molecule has 0 bridgehead atoms. The van der Waals surface area contributed by atoms with Crippen molar-refractivity contribution in [2.24, 2.45) is 0 Å². The summed E-state index contributed by atoms with van der Waals surface area (Å²) >= 11 is 0. The maximum absolute atomic E-state index is 11.8. The van der Waals surface area contributed by atoms with Crippen molar-refractivity contribution >= 4 is 11.8 Å². The number of aryl methyl sites for hydroxylation is 1. The molecule has 3 rings (SSSR count). The molecule has 0 radical (unpaired) electrons. The molecule has 6 nitrogen and oxygen atoms in total. The number of hydrogen-bond acceptors (Lipinski definition) is 5. The van der Waals surface area contributed by atoms with Gasteiger partial charge in [-0.2, -0.15) is 0 Å². The van der Waals surface area contributed by atoms with Crippen molar-refractivity contribution in [1.29, 1.82) is 0 Å². The van der Waals surface area contributed by atoms with Crippen molar-refractivity contribution in [2.75, 3.05) is 11.9 Å². The molecule has 1 heterocycles. The maximum Gasteiger partial charge on any atom is 0.412 e. The topological polar surface area (TPSA) is 73.6 Å². The van der Waals surface area contributed by atoms with Crippen molar-refractivity contribution in [2.45, 2.75) is 39.7 Å². The molecule has 0 fully saturated rings. The smallest absolute Gasteiger partial charge is 0.412 e. The fourth-order valence-electron chi connectivity index (χ4n) is 2.69. The lowest BCUT2D eigenvalue weighted by atomic mass is 10.2. The molecule has 0 atom stereocenters. The van der Waals surface area contributed by atoms with Crippen LogP contribution in [0, 0.1) is 6.92 Å². The van der Waals surface area contributed by atoms with E-state index in [-0.39, 0.29) is 0 Å². The van der Waals surface area contributed by atoms with E-state index in [1.807, 2.05) is 58.0 Å². The van der Waals surface area contributed by atoms with Crippen LogP contribution in [0.2, 0.25) is 0 Å². The molecule has 0 spiro atoms. The minimum Gasteiger partial charge on any atom is -0.493 e. The Bertz CT molecular complexity index is 941. The molecule has 0 aliphatic heterocycles. The number of oxazole rings is 1. The largest absolute Gasteiger partial charge is 0.493 e. The van der Waals surface area contributed by atoms with E-state index in [1.54, 1.807) is 24.3 Å². The Morgan fingerprint density at radius 2 is 1.76 bits per heavy atom. The number of carbonyl (C=O) groups is 1. The summed E-state index contributed by atoms with van der Waals surface area (Å²) in [6.45, 7) is 7.85. The van der Waals surface area contributed by atoms with Crippen LogP contribution in [0.15, 0.2) is 59.0 Å². The van der Waals surface area contributed by atoms with Crippen LogP contribution in [0.25, 0.3) is 11.5 Å². The van der Waals surface area contributed by atoms with E-state index >= 15 is 0 Å². The molecule has 0 aliphatic rings. The summed E-state index contributed by atoms with van der Waals surface area (Å²) in [6.07, 6.45) is 0.155. The average molecular weight is 394 g/mol. The van der Waals surface area contributed by atoms with E-state index in [1.165, 1.54) is 0 Å². The molecule has 1 N–H and O–H groups in total. The quantitative estimate of drug-likeness (QED) is 0.587. The predicted molar refractivity (Wildman–Crippen MR) is 112 cm³/mol. The molecule has 0 saturated carbocycles. The van der Waals surface area contributed by atoms with Gasteiger partial charge in [0, 0.05) is 17.7 Å². The van der Waals surface area contributed by atoms with E-state index in [2.05, 4.69) is 10.3 Å². The molecule has 0 unspecified atom stereocenters. The third kappa shape index (κ3) is 6.10. The summed E-state index contributed by atoms with van der Waals surface area (Å²) in [5, 5.41) is 2.69. The fourth-order valence-corrected chi connectivity index (χ4v) is 2.69. The first-order valence-corrected chi connectivity index (χ1v) is 9.55. The number of rotatable bonds is 6. The van der Waals surface area contributed by atoms with Gasteiger partial charge in [-0.15, -0.1) is 0 Å². The first-order chi connectivity index (χ1) is 13.8. The summed E-state index contributed by atoms with van der Waals surface area (Å²) in [7, 11) is 0. The lowest BCUT2D eigenvalue weighted by molar-refractivity contribution is 0.0636. The van der Waals surface area contributed by atoms with Crippen molar-refractivity contribution < 1.29 is 18.7 Å². The second kappa shape index (κ2) is 8.82. The van der Waals surface area contributed by atoms with Gasteiger partial charge in [-0.25, -0.2) is 9.78 Å². The second-order valence-electron chi connectivity index (χ2n) is 7.64. The van der Waals surface area contributed by atoms with Crippen LogP contribution in [0.4, 0.5) is 10.5 Å². The van der Waals surface area contributed by atoms with Gasteiger partial charge in [0.1, 0.15) is 17.1 Å². The monoisotopic (exact) mass is 394 g/mol. The van der Waals surface area contributed by atoms with Gasteiger partial charge >= 0.3 is 6.09 Å². The first-order valence-electron chi connectivity index (χ1n) is 9.55. The van der Waals surface area contributed by atoms with Crippen LogP contribution in [-0.4, -0.2) is 23.3 Å². The van der Waals surface area contributed by atoms with Crippen LogP contribution in [0.3, 0.4) is 0 Å². The van der Waals surface area contributed by atoms with Gasteiger partial charge in [-0.3, -0.25) is 5.32 Å². The van der Waals surface area contributed by atoms with E-state index in [0.717, 1.165) is 17.0 Å². The Labute approximate surface area is 170 Å². The number of amides is 1. The maximum atomic E-state index is 11.8. The third-order valence-electron chi connectivity index (χ3n) is 4.02. The zero-order valence-corrected chi connectivity index (χ0v) is 17.2. The van der Waals surface area contributed by atoms with E-state index in [0.29, 0.717) is 30.4 Å². The molecule has 2 aromatic carbocycles. The van der Waals surface area contributed by atoms with Crippen molar-refractivity contribution in [3.63, 3.8) is 0 Å². The van der Waals surface area contributed by atoms with Gasteiger partial charge in [0.2, 0.25) is 5.89 Å². The lowest BCUT2D eigenvalue weighted by Crippen LogP contribution is -2.27. The number of anilines is 1. The van der Waals surface area contributed by atoms with Crippen molar-refractivity contribution in [3.05, 3.63) is 66.1 Å². The highest BCUT2D eigenvalue weighted by molar-refractivity contribution is 5.84. The van der Waals surface area contributed by atoms with E-state index in [4.69, 9.17) is 13.9 Å². The number of nitrogens with zero attached hydrogens (tertiary/aromatic N) is 1. The van der Waals surface area contributed by atoms with Crippen molar-refractivity contribution in [1.82, 2.24) is 4.98 Å². The number of nitrogens with one attached hydrogen (secondary N) is 1. The highest BCUT2D eigenvalue weighted by Crippen LogP contribution is 2.22. The Hall–Kier alpha value is -3.28. The third-order valence-corrected chi connectivity index (χ3v) is 4.02. The molecule has 29 heavy (non-hydrogen) atoms. The van der Waals surface area contributed by atoms with Gasteiger partial charge in [0.05, 0.1) is 12.3 Å². The number of carbonyl (C=O) groups excluding carboxylic acids is 1. The van der Waals surface area contributed by atoms with Crippen LogP contribution >= 0.6 is 0 Å². The molecule has 3 aromatic rings. The molecular weight excluding hydrogens is 368 g/mol. The number of aromatic nitrogens is 1. The standard InChI is InChI=1S/C23H26N2O4/c1-16-20(25-21(28-16)17-8-6-5-7-9-17)14-15-27-19-12-10-18(11-13-19)24-22(26)29-23(2,3)4/h5-13H,14-15H2,1-4H3,(H,24,26). The van der Waals surface area contributed by atoms with Gasteiger partial charge < -0.3 is 13.9 Å². The molecule has 152 valence electrons. The molecular formula is C23H26N2O4. The van der Waals surface area contributed by atoms with Gasteiger partial charge in [0.15, 0.2) is 0 Å². The minimum absolute atomic E-state index is 0.473. The summed E-state index contributed by atoms with van der Waals surface area (Å²) in [5.74, 6) is 2.13. The van der Waals surface area contributed by atoms with Crippen molar-refractivity contribution in [3.8, 4) is 17.2 Å². The highest BCUT2D eigenvalue weighted by atomic mass is 16.6. The summed E-state index contributed by atoms with van der Waals surface area (Å²) in [5.41, 5.74) is 1.95. The Morgan fingerprint density at radius 1 is 1.07 bits per heavy atom. The average Bonchev–Trinajstić information content (AvgIpc) is 3.03. The zero-order valence-electron chi connectivity index (χ0n) is 17.2.